The van der Waals surface area contributed by atoms with Crippen molar-refractivity contribution in [2.45, 2.75) is 0 Å². The minimum atomic E-state index is -1.21. The Balaban J connectivity index is 2.24. The molecule has 0 heterocycles. The zero-order valence-corrected chi connectivity index (χ0v) is 9.69. The standard InChI is InChI=1S/C13H10N2O4/c16-10-3-1-2-8(6-10)14-15-9-4-5-11(13(18)19)12(17)7-9/h1-7,16-17H,(H,18,19)/b15-14+. The highest BCUT2D eigenvalue weighted by Gasteiger charge is 2.09. The number of rotatable bonds is 3. The van der Waals surface area contributed by atoms with Crippen molar-refractivity contribution >= 4 is 17.3 Å². The van der Waals surface area contributed by atoms with E-state index in [1.165, 1.54) is 30.3 Å². The molecule has 0 aliphatic heterocycles. The van der Waals surface area contributed by atoms with Crippen LogP contribution < -0.4 is 0 Å². The Kier molecular flexibility index (Phi) is 3.42. The first kappa shape index (κ1) is 12.6. The molecule has 6 heteroatoms. The number of azo groups is 1. The Labute approximate surface area is 108 Å². The normalized spacial score (nSPS) is 10.7. The Morgan fingerprint density at radius 1 is 0.947 bits per heavy atom. The summed E-state index contributed by atoms with van der Waals surface area (Å²) in [6.07, 6.45) is 0. The number of carboxylic acids is 1. The van der Waals surface area contributed by atoms with E-state index in [0.717, 1.165) is 0 Å². The fourth-order valence-corrected chi connectivity index (χ4v) is 1.43. The lowest BCUT2D eigenvalue weighted by Crippen LogP contribution is -1.95. The number of carbonyl (C=O) groups is 1. The lowest BCUT2D eigenvalue weighted by Gasteiger charge is -1.99. The molecule has 0 saturated carbocycles. The van der Waals surface area contributed by atoms with Gasteiger partial charge in [-0.25, -0.2) is 4.79 Å². The van der Waals surface area contributed by atoms with Crippen LogP contribution >= 0.6 is 0 Å². The third-order valence-corrected chi connectivity index (χ3v) is 2.32. The van der Waals surface area contributed by atoms with Crippen molar-refractivity contribution in [3.8, 4) is 11.5 Å². The summed E-state index contributed by atoms with van der Waals surface area (Å²) in [7, 11) is 0. The quantitative estimate of drug-likeness (QED) is 0.735. The van der Waals surface area contributed by atoms with E-state index >= 15 is 0 Å². The monoisotopic (exact) mass is 258 g/mol. The van der Waals surface area contributed by atoms with Gasteiger partial charge < -0.3 is 15.3 Å². The van der Waals surface area contributed by atoms with Crippen LogP contribution in [0.2, 0.25) is 0 Å². The van der Waals surface area contributed by atoms with Gasteiger partial charge in [0.25, 0.3) is 0 Å². The van der Waals surface area contributed by atoms with Gasteiger partial charge in [0.1, 0.15) is 17.1 Å². The predicted molar refractivity (Wildman–Crippen MR) is 67.3 cm³/mol. The molecule has 0 amide bonds. The van der Waals surface area contributed by atoms with Crippen LogP contribution in [0.3, 0.4) is 0 Å². The number of nitrogens with zero attached hydrogens (tertiary/aromatic N) is 2. The van der Waals surface area contributed by atoms with Crippen LogP contribution in [0.5, 0.6) is 11.5 Å². The number of hydrogen-bond acceptors (Lipinski definition) is 5. The van der Waals surface area contributed by atoms with E-state index in [1.807, 2.05) is 0 Å². The van der Waals surface area contributed by atoms with Crippen molar-refractivity contribution in [3.63, 3.8) is 0 Å². The van der Waals surface area contributed by atoms with Crippen molar-refractivity contribution in [2.24, 2.45) is 10.2 Å². The number of hydrogen-bond donors (Lipinski definition) is 3. The van der Waals surface area contributed by atoms with Crippen molar-refractivity contribution in [1.29, 1.82) is 0 Å². The Hall–Kier alpha value is -2.89. The van der Waals surface area contributed by atoms with E-state index in [9.17, 15) is 15.0 Å². The molecule has 0 bridgehead atoms. The van der Waals surface area contributed by atoms with Crippen LogP contribution in [-0.4, -0.2) is 21.3 Å². The van der Waals surface area contributed by atoms with E-state index in [0.29, 0.717) is 11.4 Å². The highest BCUT2D eigenvalue weighted by atomic mass is 16.4. The van der Waals surface area contributed by atoms with Gasteiger partial charge in [0.15, 0.2) is 0 Å². The van der Waals surface area contributed by atoms with Gasteiger partial charge in [-0.05, 0) is 24.3 Å². The molecule has 96 valence electrons. The third kappa shape index (κ3) is 3.06. The Morgan fingerprint density at radius 2 is 1.63 bits per heavy atom. The molecule has 0 fully saturated rings. The van der Waals surface area contributed by atoms with E-state index in [1.54, 1.807) is 12.1 Å². The number of aromatic carboxylic acids is 1. The van der Waals surface area contributed by atoms with E-state index < -0.39 is 5.97 Å². The lowest BCUT2D eigenvalue weighted by molar-refractivity contribution is 0.0694. The summed E-state index contributed by atoms with van der Waals surface area (Å²) in [6, 6.07) is 10.1. The summed E-state index contributed by atoms with van der Waals surface area (Å²) >= 11 is 0. The van der Waals surface area contributed by atoms with Crippen molar-refractivity contribution in [3.05, 3.63) is 48.0 Å². The summed E-state index contributed by atoms with van der Waals surface area (Å²) in [6.45, 7) is 0. The molecule has 0 saturated heterocycles. The minimum absolute atomic E-state index is 0.0699. The van der Waals surface area contributed by atoms with Crippen LogP contribution in [0.25, 0.3) is 0 Å². The molecule has 0 aliphatic rings. The largest absolute Gasteiger partial charge is 0.508 e. The summed E-state index contributed by atoms with van der Waals surface area (Å²) in [5, 5.41) is 35.2. The zero-order chi connectivity index (χ0) is 13.8. The first-order chi connectivity index (χ1) is 9.06. The molecule has 2 aromatic rings. The molecule has 6 nitrogen and oxygen atoms in total. The number of phenols is 2. The van der Waals surface area contributed by atoms with E-state index in [-0.39, 0.29) is 17.1 Å². The molecular formula is C13H10N2O4. The van der Waals surface area contributed by atoms with Gasteiger partial charge in [0, 0.05) is 12.1 Å². The second-order valence-corrected chi connectivity index (χ2v) is 3.73. The first-order valence-electron chi connectivity index (χ1n) is 5.33. The van der Waals surface area contributed by atoms with E-state index in [4.69, 9.17) is 5.11 Å². The molecule has 0 atom stereocenters. The smallest absolute Gasteiger partial charge is 0.339 e. The predicted octanol–water partition coefficient (Wildman–Crippen LogP) is 3.21. The first-order valence-corrected chi connectivity index (χ1v) is 5.33. The third-order valence-electron chi connectivity index (χ3n) is 2.32. The highest BCUT2D eigenvalue weighted by Crippen LogP contribution is 2.26. The molecule has 0 spiro atoms. The van der Waals surface area contributed by atoms with Gasteiger partial charge in [0.05, 0.1) is 11.4 Å². The second-order valence-electron chi connectivity index (χ2n) is 3.73. The fourth-order valence-electron chi connectivity index (χ4n) is 1.43. The van der Waals surface area contributed by atoms with Gasteiger partial charge >= 0.3 is 5.97 Å². The average Bonchev–Trinajstić information content (AvgIpc) is 2.36. The molecule has 0 aromatic heterocycles. The average molecular weight is 258 g/mol. The Bertz CT molecular complexity index is 653. The summed E-state index contributed by atoms with van der Waals surface area (Å²) < 4.78 is 0. The molecular weight excluding hydrogens is 248 g/mol. The Morgan fingerprint density at radius 3 is 2.21 bits per heavy atom. The lowest BCUT2D eigenvalue weighted by atomic mass is 10.2. The van der Waals surface area contributed by atoms with Crippen LogP contribution in [0, 0.1) is 0 Å². The van der Waals surface area contributed by atoms with Gasteiger partial charge in [0.2, 0.25) is 0 Å². The highest BCUT2D eigenvalue weighted by molar-refractivity contribution is 5.91. The van der Waals surface area contributed by atoms with Crippen LogP contribution in [-0.2, 0) is 0 Å². The molecule has 0 unspecified atom stereocenters. The van der Waals surface area contributed by atoms with Crippen LogP contribution in [0.15, 0.2) is 52.7 Å². The maximum absolute atomic E-state index is 10.7. The van der Waals surface area contributed by atoms with Gasteiger partial charge in [-0.15, -0.1) is 0 Å². The van der Waals surface area contributed by atoms with Crippen LogP contribution in [0.1, 0.15) is 10.4 Å². The topological polar surface area (TPSA) is 102 Å². The van der Waals surface area contributed by atoms with Crippen LogP contribution in [0.4, 0.5) is 11.4 Å². The second kappa shape index (κ2) is 5.18. The molecule has 3 N–H and O–H groups in total. The zero-order valence-electron chi connectivity index (χ0n) is 9.69. The molecule has 0 radical (unpaired) electrons. The van der Waals surface area contributed by atoms with Crippen molar-refractivity contribution in [1.82, 2.24) is 0 Å². The van der Waals surface area contributed by atoms with Crippen molar-refractivity contribution < 1.29 is 20.1 Å². The van der Waals surface area contributed by atoms with Crippen molar-refractivity contribution in [2.75, 3.05) is 0 Å². The number of aromatic hydroxyl groups is 2. The maximum atomic E-state index is 10.7. The SMILES string of the molecule is O=C(O)c1ccc(/N=N/c2cccc(O)c2)cc1O. The molecule has 2 aromatic carbocycles. The minimum Gasteiger partial charge on any atom is -0.508 e. The summed E-state index contributed by atoms with van der Waals surface area (Å²) in [4.78, 5) is 10.7. The number of phenolic OH excluding ortho intramolecular Hbond substituents is 1. The summed E-state index contributed by atoms with van der Waals surface area (Å²) in [5.41, 5.74) is 0.559. The fraction of sp³-hybridized carbons (Fsp3) is 0. The van der Waals surface area contributed by atoms with E-state index in [2.05, 4.69) is 10.2 Å². The number of benzene rings is 2. The molecule has 2 rings (SSSR count). The molecule has 0 aliphatic carbocycles. The van der Waals surface area contributed by atoms with Gasteiger partial charge in [-0.1, -0.05) is 6.07 Å². The molecule has 19 heavy (non-hydrogen) atoms. The summed E-state index contributed by atoms with van der Waals surface area (Å²) in [5.74, 6) is -1.52. The van der Waals surface area contributed by atoms with Gasteiger partial charge in [-0.3, -0.25) is 0 Å². The van der Waals surface area contributed by atoms with Gasteiger partial charge in [-0.2, -0.15) is 10.2 Å². The number of carboxylic acid groups (broad SMARTS) is 1. The maximum Gasteiger partial charge on any atom is 0.339 e.